The number of rotatable bonds is 6. The van der Waals surface area contributed by atoms with Gasteiger partial charge in [0.2, 0.25) is 5.91 Å². The molecule has 2 N–H and O–H groups in total. The highest BCUT2D eigenvalue weighted by molar-refractivity contribution is 5.89. The van der Waals surface area contributed by atoms with Gasteiger partial charge in [-0.05, 0) is 25.0 Å². The normalized spacial score (nSPS) is 16.8. The maximum absolute atomic E-state index is 13.8. The number of halogens is 1. The van der Waals surface area contributed by atoms with Gasteiger partial charge in [-0.15, -0.1) is 0 Å². The number of carbonyl (C=O) groups is 1. The number of H-pyrrole nitrogens is 1. The average Bonchev–Trinajstić information content (AvgIpc) is 3.37. The number of anilines is 1. The molecule has 8 heteroatoms. The van der Waals surface area contributed by atoms with Crippen LogP contribution in [0.15, 0.2) is 40.9 Å². The van der Waals surface area contributed by atoms with E-state index in [0.717, 1.165) is 25.1 Å². The zero-order valence-corrected chi connectivity index (χ0v) is 15.3. The summed E-state index contributed by atoms with van der Waals surface area (Å²) in [6.07, 6.45) is 4.04. The van der Waals surface area contributed by atoms with Gasteiger partial charge in [-0.25, -0.2) is 9.37 Å². The summed E-state index contributed by atoms with van der Waals surface area (Å²) >= 11 is 0. The van der Waals surface area contributed by atoms with Gasteiger partial charge in [0.25, 0.3) is 0 Å². The van der Waals surface area contributed by atoms with Gasteiger partial charge in [-0.2, -0.15) is 5.10 Å². The molecule has 1 fully saturated rings. The number of oxazole rings is 1. The van der Waals surface area contributed by atoms with Gasteiger partial charge in [0.15, 0.2) is 17.5 Å². The first-order chi connectivity index (χ1) is 13.7. The van der Waals surface area contributed by atoms with Crippen molar-refractivity contribution in [3.63, 3.8) is 0 Å². The minimum absolute atomic E-state index is 0.186. The van der Waals surface area contributed by atoms with Crippen molar-refractivity contribution in [2.75, 3.05) is 18.5 Å². The molecule has 1 atom stereocenters. The van der Waals surface area contributed by atoms with Crippen LogP contribution in [0.3, 0.4) is 0 Å². The number of aromatic nitrogens is 3. The van der Waals surface area contributed by atoms with E-state index in [-0.39, 0.29) is 24.1 Å². The van der Waals surface area contributed by atoms with Crippen LogP contribution in [-0.2, 0) is 16.0 Å². The zero-order valence-electron chi connectivity index (χ0n) is 15.3. The Bertz CT molecular complexity index is 946. The SMILES string of the molecule is O=C(CCc1ncc(-c2ccccc2F)o1)Nc1cc(C2CCCOC2)[nH]n1. The van der Waals surface area contributed by atoms with E-state index < -0.39 is 0 Å². The van der Waals surface area contributed by atoms with Crippen LogP contribution in [0.5, 0.6) is 0 Å². The summed E-state index contributed by atoms with van der Waals surface area (Å²) in [6, 6.07) is 8.17. The second kappa shape index (κ2) is 8.35. The van der Waals surface area contributed by atoms with E-state index in [2.05, 4.69) is 20.5 Å². The Labute approximate surface area is 161 Å². The van der Waals surface area contributed by atoms with E-state index in [1.165, 1.54) is 12.3 Å². The number of nitrogens with zero attached hydrogens (tertiary/aromatic N) is 2. The molecule has 2 aromatic heterocycles. The van der Waals surface area contributed by atoms with Crippen LogP contribution in [0, 0.1) is 5.82 Å². The van der Waals surface area contributed by atoms with Gasteiger partial charge in [-0.1, -0.05) is 12.1 Å². The maximum atomic E-state index is 13.8. The molecule has 0 spiro atoms. The molecule has 1 aliphatic rings. The molecule has 3 aromatic rings. The first-order valence-electron chi connectivity index (χ1n) is 9.31. The Balaban J connectivity index is 1.30. The number of hydrogen-bond donors (Lipinski definition) is 2. The van der Waals surface area contributed by atoms with E-state index >= 15 is 0 Å². The second-order valence-corrected chi connectivity index (χ2v) is 6.77. The van der Waals surface area contributed by atoms with E-state index in [9.17, 15) is 9.18 Å². The van der Waals surface area contributed by atoms with E-state index in [1.54, 1.807) is 18.2 Å². The molecular weight excluding hydrogens is 363 g/mol. The van der Waals surface area contributed by atoms with Gasteiger partial charge in [0, 0.05) is 37.1 Å². The molecule has 4 rings (SSSR count). The number of amides is 1. The molecule has 28 heavy (non-hydrogen) atoms. The Kier molecular flexibility index (Phi) is 5.48. The van der Waals surface area contributed by atoms with Crippen molar-refractivity contribution in [3.8, 4) is 11.3 Å². The Morgan fingerprint density at radius 2 is 2.25 bits per heavy atom. The number of nitrogens with one attached hydrogen (secondary N) is 2. The van der Waals surface area contributed by atoms with Gasteiger partial charge in [0.1, 0.15) is 5.82 Å². The van der Waals surface area contributed by atoms with Gasteiger partial charge < -0.3 is 14.5 Å². The third-order valence-corrected chi connectivity index (χ3v) is 4.72. The molecule has 7 nitrogen and oxygen atoms in total. The van der Waals surface area contributed by atoms with Crippen LogP contribution in [-0.4, -0.2) is 34.3 Å². The van der Waals surface area contributed by atoms with Crippen molar-refractivity contribution < 1.29 is 18.3 Å². The molecule has 0 saturated carbocycles. The average molecular weight is 384 g/mol. The Morgan fingerprint density at radius 3 is 3.07 bits per heavy atom. The van der Waals surface area contributed by atoms with Gasteiger partial charge >= 0.3 is 0 Å². The highest BCUT2D eigenvalue weighted by atomic mass is 19.1. The van der Waals surface area contributed by atoms with Crippen molar-refractivity contribution in [3.05, 3.63) is 53.9 Å². The van der Waals surface area contributed by atoms with Crippen molar-refractivity contribution in [2.24, 2.45) is 0 Å². The smallest absolute Gasteiger partial charge is 0.226 e. The molecule has 3 heterocycles. The molecule has 0 aliphatic carbocycles. The summed E-state index contributed by atoms with van der Waals surface area (Å²) in [6.45, 7) is 1.47. The van der Waals surface area contributed by atoms with Gasteiger partial charge in [-0.3, -0.25) is 9.89 Å². The van der Waals surface area contributed by atoms with Crippen LogP contribution >= 0.6 is 0 Å². The summed E-state index contributed by atoms with van der Waals surface area (Å²) in [4.78, 5) is 16.3. The lowest BCUT2D eigenvalue weighted by molar-refractivity contribution is -0.116. The van der Waals surface area contributed by atoms with Crippen LogP contribution in [0.2, 0.25) is 0 Å². The molecule has 1 aromatic carbocycles. The lowest BCUT2D eigenvalue weighted by Gasteiger charge is -2.20. The fourth-order valence-electron chi connectivity index (χ4n) is 3.23. The third kappa shape index (κ3) is 4.28. The Morgan fingerprint density at radius 1 is 1.36 bits per heavy atom. The quantitative estimate of drug-likeness (QED) is 0.676. The number of carbonyl (C=O) groups excluding carboxylic acids is 1. The number of ether oxygens (including phenoxy) is 1. The van der Waals surface area contributed by atoms with Crippen LogP contribution < -0.4 is 5.32 Å². The Hall–Kier alpha value is -3.00. The first kappa shape index (κ1) is 18.4. The standard InChI is InChI=1S/C20H21FN4O3/c21-15-6-2-1-5-14(15)17-11-22-20(28-17)8-7-19(26)23-18-10-16(24-25-18)13-4-3-9-27-12-13/h1-2,5-6,10-11,13H,3-4,7-9,12H2,(H2,23,24,25,26). The number of hydrogen-bond acceptors (Lipinski definition) is 5. The minimum Gasteiger partial charge on any atom is -0.441 e. The number of aromatic amines is 1. The predicted molar refractivity (Wildman–Crippen MR) is 100 cm³/mol. The fraction of sp³-hybridized carbons (Fsp3) is 0.350. The van der Waals surface area contributed by atoms with Crippen LogP contribution in [0.4, 0.5) is 10.2 Å². The summed E-state index contributed by atoms with van der Waals surface area (Å²) in [5.74, 6) is 0.945. The van der Waals surface area contributed by atoms with Crippen LogP contribution in [0.1, 0.15) is 36.8 Å². The molecule has 146 valence electrons. The molecule has 1 aliphatic heterocycles. The first-order valence-corrected chi connectivity index (χ1v) is 9.31. The fourth-order valence-corrected chi connectivity index (χ4v) is 3.23. The van der Waals surface area contributed by atoms with Crippen molar-refractivity contribution >= 4 is 11.7 Å². The molecule has 1 unspecified atom stereocenters. The second-order valence-electron chi connectivity index (χ2n) is 6.77. The van der Waals surface area contributed by atoms with E-state index in [4.69, 9.17) is 9.15 Å². The summed E-state index contributed by atoms with van der Waals surface area (Å²) < 4.78 is 24.9. The molecule has 0 bridgehead atoms. The minimum atomic E-state index is -0.374. The molecular formula is C20H21FN4O3. The summed E-state index contributed by atoms with van der Waals surface area (Å²) in [7, 11) is 0. The lowest BCUT2D eigenvalue weighted by Crippen LogP contribution is -2.15. The number of benzene rings is 1. The molecule has 0 radical (unpaired) electrons. The van der Waals surface area contributed by atoms with Crippen molar-refractivity contribution in [1.82, 2.24) is 15.2 Å². The highest BCUT2D eigenvalue weighted by Crippen LogP contribution is 2.26. The van der Waals surface area contributed by atoms with Crippen LogP contribution in [0.25, 0.3) is 11.3 Å². The predicted octanol–water partition coefficient (Wildman–Crippen LogP) is 3.67. The third-order valence-electron chi connectivity index (χ3n) is 4.72. The van der Waals surface area contributed by atoms with E-state index in [0.29, 0.717) is 36.1 Å². The zero-order chi connectivity index (χ0) is 19.3. The summed E-state index contributed by atoms with van der Waals surface area (Å²) in [5.41, 5.74) is 1.32. The highest BCUT2D eigenvalue weighted by Gasteiger charge is 2.19. The van der Waals surface area contributed by atoms with Crippen molar-refractivity contribution in [2.45, 2.75) is 31.6 Å². The van der Waals surface area contributed by atoms with Crippen molar-refractivity contribution in [1.29, 1.82) is 0 Å². The monoisotopic (exact) mass is 384 g/mol. The van der Waals surface area contributed by atoms with Gasteiger partial charge in [0.05, 0.1) is 18.4 Å². The molecule has 1 amide bonds. The topological polar surface area (TPSA) is 93.0 Å². The largest absolute Gasteiger partial charge is 0.441 e. The lowest BCUT2D eigenvalue weighted by atomic mass is 9.99. The number of aryl methyl sites for hydroxylation is 1. The van der Waals surface area contributed by atoms with E-state index in [1.807, 2.05) is 6.07 Å². The molecule has 1 saturated heterocycles. The summed E-state index contributed by atoms with van der Waals surface area (Å²) in [5, 5.41) is 9.88. The maximum Gasteiger partial charge on any atom is 0.226 e.